The third-order valence-electron chi connectivity index (χ3n) is 4.86. The van der Waals surface area contributed by atoms with E-state index < -0.39 is 11.4 Å². The van der Waals surface area contributed by atoms with Gasteiger partial charge in [0.05, 0.1) is 5.41 Å². The van der Waals surface area contributed by atoms with Gasteiger partial charge in [0.1, 0.15) is 5.75 Å². The van der Waals surface area contributed by atoms with E-state index in [1.54, 1.807) is 32.0 Å². The lowest BCUT2D eigenvalue weighted by Gasteiger charge is -2.32. The van der Waals surface area contributed by atoms with Crippen molar-refractivity contribution in [1.82, 2.24) is 0 Å². The molecule has 0 amide bonds. The number of hydrogen-bond acceptors (Lipinski definition) is 2. The minimum Gasteiger partial charge on any atom is -0.508 e. The predicted octanol–water partition coefficient (Wildman–Crippen LogP) is 4.51. The lowest BCUT2D eigenvalue weighted by atomic mass is 9.72. The standard InChI is InChI=1S/C18H28O3/c1-12-11-14(7-8-15(12)19)18(6,16(20)21)10-9-13(2)17(3,4)5/h7-8,11,13,19H,9-10H2,1-6H3,(H,20,21). The summed E-state index contributed by atoms with van der Waals surface area (Å²) in [6, 6.07) is 5.09. The summed E-state index contributed by atoms with van der Waals surface area (Å²) in [7, 11) is 0. The number of aryl methyl sites for hydroxylation is 1. The molecule has 0 saturated heterocycles. The van der Waals surface area contributed by atoms with Crippen LogP contribution in [0.3, 0.4) is 0 Å². The highest BCUT2D eigenvalue weighted by molar-refractivity contribution is 5.81. The number of carboxylic acids is 1. The highest BCUT2D eigenvalue weighted by Crippen LogP contribution is 2.37. The zero-order chi connectivity index (χ0) is 16.4. The molecule has 0 heterocycles. The molecule has 21 heavy (non-hydrogen) atoms. The summed E-state index contributed by atoms with van der Waals surface area (Å²) in [5.74, 6) is -0.169. The average Bonchev–Trinajstić information content (AvgIpc) is 2.37. The Labute approximate surface area is 128 Å². The smallest absolute Gasteiger partial charge is 0.313 e. The van der Waals surface area contributed by atoms with Crippen molar-refractivity contribution in [3.8, 4) is 5.75 Å². The molecule has 0 radical (unpaired) electrons. The number of hydrogen-bond donors (Lipinski definition) is 2. The van der Waals surface area contributed by atoms with Crippen molar-refractivity contribution < 1.29 is 15.0 Å². The van der Waals surface area contributed by atoms with Gasteiger partial charge < -0.3 is 10.2 Å². The summed E-state index contributed by atoms with van der Waals surface area (Å²) in [4.78, 5) is 11.8. The first kappa shape index (κ1) is 17.5. The number of phenolic OH excluding ortho intramolecular Hbond substituents is 1. The molecular formula is C18H28O3. The molecular weight excluding hydrogens is 264 g/mol. The second-order valence-corrected chi connectivity index (χ2v) is 7.44. The first-order chi connectivity index (χ1) is 9.48. The molecule has 2 atom stereocenters. The number of carboxylic acid groups (broad SMARTS) is 1. The molecule has 118 valence electrons. The van der Waals surface area contributed by atoms with Gasteiger partial charge in [0.25, 0.3) is 0 Å². The molecule has 2 unspecified atom stereocenters. The molecule has 1 aromatic rings. The fourth-order valence-corrected chi connectivity index (χ4v) is 2.31. The Hall–Kier alpha value is -1.51. The van der Waals surface area contributed by atoms with Crippen LogP contribution in [0.1, 0.15) is 58.6 Å². The largest absolute Gasteiger partial charge is 0.508 e. The zero-order valence-electron chi connectivity index (χ0n) is 14.0. The fourth-order valence-electron chi connectivity index (χ4n) is 2.31. The van der Waals surface area contributed by atoms with Crippen molar-refractivity contribution in [3.05, 3.63) is 29.3 Å². The lowest BCUT2D eigenvalue weighted by Crippen LogP contribution is -2.34. The van der Waals surface area contributed by atoms with Crippen molar-refractivity contribution in [2.45, 2.75) is 59.8 Å². The van der Waals surface area contributed by atoms with Gasteiger partial charge >= 0.3 is 5.97 Å². The number of phenols is 1. The van der Waals surface area contributed by atoms with E-state index >= 15 is 0 Å². The van der Waals surface area contributed by atoms with Gasteiger partial charge in [-0.05, 0) is 55.2 Å². The van der Waals surface area contributed by atoms with Crippen LogP contribution in [0.2, 0.25) is 0 Å². The maximum atomic E-state index is 11.8. The van der Waals surface area contributed by atoms with E-state index in [1.165, 1.54) is 0 Å². The molecule has 0 aliphatic carbocycles. The molecule has 0 fully saturated rings. The molecule has 1 rings (SSSR count). The molecule has 0 aromatic heterocycles. The lowest BCUT2D eigenvalue weighted by molar-refractivity contribution is -0.143. The van der Waals surface area contributed by atoms with E-state index in [0.29, 0.717) is 17.9 Å². The molecule has 0 saturated carbocycles. The van der Waals surface area contributed by atoms with E-state index in [9.17, 15) is 15.0 Å². The van der Waals surface area contributed by atoms with Crippen LogP contribution in [0.4, 0.5) is 0 Å². The summed E-state index contributed by atoms with van der Waals surface area (Å²) in [6.45, 7) is 12.3. The summed E-state index contributed by atoms with van der Waals surface area (Å²) in [6.07, 6.45) is 1.44. The van der Waals surface area contributed by atoms with Crippen LogP contribution >= 0.6 is 0 Å². The third-order valence-corrected chi connectivity index (χ3v) is 4.86. The van der Waals surface area contributed by atoms with Gasteiger partial charge in [-0.1, -0.05) is 39.8 Å². The SMILES string of the molecule is Cc1cc(C(C)(CCC(C)C(C)(C)C)C(=O)O)ccc1O. The van der Waals surface area contributed by atoms with Crippen LogP contribution < -0.4 is 0 Å². The Morgan fingerprint density at radius 1 is 1.24 bits per heavy atom. The number of benzene rings is 1. The molecule has 0 bridgehead atoms. The summed E-state index contributed by atoms with van der Waals surface area (Å²) in [5, 5.41) is 19.3. The Morgan fingerprint density at radius 2 is 1.81 bits per heavy atom. The molecule has 0 aliphatic heterocycles. The monoisotopic (exact) mass is 292 g/mol. The van der Waals surface area contributed by atoms with Gasteiger partial charge in [0.15, 0.2) is 0 Å². The van der Waals surface area contributed by atoms with Crippen molar-refractivity contribution in [3.63, 3.8) is 0 Å². The number of carbonyl (C=O) groups is 1. The van der Waals surface area contributed by atoms with Gasteiger partial charge in [-0.25, -0.2) is 0 Å². The first-order valence-electron chi connectivity index (χ1n) is 7.52. The molecule has 3 heteroatoms. The van der Waals surface area contributed by atoms with Crippen LogP contribution in [0.5, 0.6) is 5.75 Å². The Kier molecular flexibility index (Phi) is 5.08. The second kappa shape index (κ2) is 6.08. The minimum absolute atomic E-state index is 0.171. The topological polar surface area (TPSA) is 57.5 Å². The highest BCUT2D eigenvalue weighted by Gasteiger charge is 2.36. The summed E-state index contributed by atoms with van der Waals surface area (Å²) >= 11 is 0. The number of aliphatic carboxylic acids is 1. The van der Waals surface area contributed by atoms with Gasteiger partial charge in [-0.15, -0.1) is 0 Å². The Balaban J connectivity index is 3.03. The number of aromatic hydroxyl groups is 1. The molecule has 0 aliphatic rings. The molecule has 0 spiro atoms. The first-order valence-corrected chi connectivity index (χ1v) is 7.52. The maximum Gasteiger partial charge on any atom is 0.313 e. The molecule has 2 N–H and O–H groups in total. The van der Waals surface area contributed by atoms with Gasteiger partial charge in [-0.3, -0.25) is 4.79 Å². The molecule has 1 aromatic carbocycles. The normalized spacial score (nSPS) is 16.3. The van der Waals surface area contributed by atoms with Gasteiger partial charge in [0, 0.05) is 0 Å². The van der Waals surface area contributed by atoms with Crippen LogP contribution in [-0.2, 0) is 10.2 Å². The minimum atomic E-state index is -0.919. The second-order valence-electron chi connectivity index (χ2n) is 7.44. The van der Waals surface area contributed by atoms with Crippen LogP contribution in [0.15, 0.2) is 18.2 Å². The van der Waals surface area contributed by atoms with Crippen molar-refractivity contribution >= 4 is 5.97 Å². The van der Waals surface area contributed by atoms with Crippen LogP contribution in [0.25, 0.3) is 0 Å². The number of rotatable bonds is 5. The van der Waals surface area contributed by atoms with Crippen LogP contribution in [0, 0.1) is 18.3 Å². The van der Waals surface area contributed by atoms with E-state index in [4.69, 9.17) is 0 Å². The quantitative estimate of drug-likeness (QED) is 0.839. The fraction of sp³-hybridized carbons (Fsp3) is 0.611. The maximum absolute atomic E-state index is 11.8. The van der Waals surface area contributed by atoms with E-state index in [1.807, 2.05) is 0 Å². The predicted molar refractivity (Wildman–Crippen MR) is 85.7 cm³/mol. The van der Waals surface area contributed by atoms with Crippen molar-refractivity contribution in [1.29, 1.82) is 0 Å². The Bertz CT molecular complexity index is 514. The summed E-state index contributed by atoms with van der Waals surface area (Å²) < 4.78 is 0. The van der Waals surface area contributed by atoms with E-state index in [-0.39, 0.29) is 11.2 Å². The van der Waals surface area contributed by atoms with Gasteiger partial charge in [-0.2, -0.15) is 0 Å². The Morgan fingerprint density at radius 3 is 2.24 bits per heavy atom. The van der Waals surface area contributed by atoms with E-state index in [2.05, 4.69) is 27.7 Å². The van der Waals surface area contributed by atoms with Crippen molar-refractivity contribution in [2.75, 3.05) is 0 Å². The highest BCUT2D eigenvalue weighted by atomic mass is 16.4. The zero-order valence-corrected chi connectivity index (χ0v) is 14.0. The van der Waals surface area contributed by atoms with Gasteiger partial charge in [0.2, 0.25) is 0 Å². The average molecular weight is 292 g/mol. The van der Waals surface area contributed by atoms with Crippen molar-refractivity contribution in [2.24, 2.45) is 11.3 Å². The molecule has 3 nitrogen and oxygen atoms in total. The van der Waals surface area contributed by atoms with Crippen LogP contribution in [-0.4, -0.2) is 16.2 Å². The third kappa shape index (κ3) is 3.99. The summed E-state index contributed by atoms with van der Waals surface area (Å²) in [5.41, 5.74) is 0.720. The van der Waals surface area contributed by atoms with E-state index in [0.717, 1.165) is 12.0 Å².